The van der Waals surface area contributed by atoms with Crippen LogP contribution >= 0.6 is 11.6 Å². The Morgan fingerprint density at radius 2 is 2.26 bits per heavy atom. The number of tetrazole rings is 1. The molecule has 0 saturated carbocycles. The molecule has 2 N–H and O–H groups in total. The number of rotatable bonds is 4. The molecule has 0 radical (unpaired) electrons. The molecule has 0 aliphatic rings. The van der Waals surface area contributed by atoms with E-state index in [4.69, 9.17) is 11.6 Å². The zero-order valence-electron chi connectivity index (χ0n) is 9.79. The minimum atomic E-state index is 0.610. The number of aromatic nitrogens is 6. The van der Waals surface area contributed by atoms with Crippen molar-refractivity contribution < 1.29 is 0 Å². The van der Waals surface area contributed by atoms with Crippen molar-refractivity contribution in [2.75, 3.05) is 5.32 Å². The molecule has 0 amide bonds. The lowest BCUT2D eigenvalue weighted by Gasteiger charge is -2.09. The fourth-order valence-electron chi connectivity index (χ4n) is 1.64. The van der Waals surface area contributed by atoms with Gasteiger partial charge in [-0.3, -0.25) is 5.10 Å². The van der Waals surface area contributed by atoms with Crippen LogP contribution in [0.25, 0.3) is 5.69 Å². The van der Waals surface area contributed by atoms with Crippen LogP contribution in [-0.4, -0.2) is 30.4 Å². The lowest BCUT2D eigenvalue weighted by Crippen LogP contribution is -2.02. The van der Waals surface area contributed by atoms with Gasteiger partial charge in [-0.25, -0.2) is 4.68 Å². The molecule has 0 spiro atoms. The summed E-state index contributed by atoms with van der Waals surface area (Å²) in [6, 6.07) is 7.43. The molecule has 0 aliphatic heterocycles. The van der Waals surface area contributed by atoms with Gasteiger partial charge in [0.25, 0.3) is 0 Å². The lowest BCUT2D eigenvalue weighted by atomic mass is 10.2. The van der Waals surface area contributed by atoms with Gasteiger partial charge in [0.1, 0.15) is 6.33 Å². The van der Waals surface area contributed by atoms with Crippen molar-refractivity contribution in [1.82, 2.24) is 30.4 Å². The maximum absolute atomic E-state index is 6.15. The summed E-state index contributed by atoms with van der Waals surface area (Å²) in [5.74, 6) is 0. The first-order valence-corrected chi connectivity index (χ1v) is 5.96. The van der Waals surface area contributed by atoms with Crippen LogP contribution in [0.3, 0.4) is 0 Å². The first-order valence-electron chi connectivity index (χ1n) is 5.58. The highest BCUT2D eigenvalue weighted by Gasteiger charge is 2.05. The minimum Gasteiger partial charge on any atom is -0.378 e. The van der Waals surface area contributed by atoms with Gasteiger partial charge in [-0.05, 0) is 34.7 Å². The maximum Gasteiger partial charge on any atom is 0.143 e. The van der Waals surface area contributed by atoms with E-state index in [2.05, 4.69) is 31.0 Å². The molecule has 0 atom stereocenters. The van der Waals surface area contributed by atoms with Crippen molar-refractivity contribution in [1.29, 1.82) is 0 Å². The van der Waals surface area contributed by atoms with E-state index in [0.29, 0.717) is 11.6 Å². The molecule has 7 nitrogen and oxygen atoms in total. The Morgan fingerprint density at radius 1 is 1.32 bits per heavy atom. The van der Waals surface area contributed by atoms with E-state index in [-0.39, 0.29) is 0 Å². The average Bonchev–Trinajstić information content (AvgIpc) is 3.11. The predicted molar refractivity (Wildman–Crippen MR) is 70.1 cm³/mol. The van der Waals surface area contributed by atoms with Gasteiger partial charge in [0.05, 0.1) is 28.6 Å². The van der Waals surface area contributed by atoms with Gasteiger partial charge in [-0.2, -0.15) is 5.10 Å². The van der Waals surface area contributed by atoms with E-state index < -0.39 is 0 Å². The number of anilines is 1. The summed E-state index contributed by atoms with van der Waals surface area (Å²) < 4.78 is 1.57. The van der Waals surface area contributed by atoms with E-state index >= 15 is 0 Å². The summed E-state index contributed by atoms with van der Waals surface area (Å²) in [6.07, 6.45) is 3.23. The molecule has 0 bridgehead atoms. The van der Waals surface area contributed by atoms with Gasteiger partial charge < -0.3 is 5.32 Å². The number of benzene rings is 1. The highest BCUT2D eigenvalue weighted by atomic mass is 35.5. The van der Waals surface area contributed by atoms with Gasteiger partial charge in [-0.15, -0.1) is 5.10 Å². The third-order valence-electron chi connectivity index (χ3n) is 2.59. The van der Waals surface area contributed by atoms with E-state index in [0.717, 1.165) is 17.1 Å². The van der Waals surface area contributed by atoms with Crippen molar-refractivity contribution in [2.45, 2.75) is 6.54 Å². The molecule has 3 rings (SSSR count). The van der Waals surface area contributed by atoms with Crippen LogP contribution in [0.4, 0.5) is 5.69 Å². The first kappa shape index (κ1) is 11.7. The van der Waals surface area contributed by atoms with Crippen LogP contribution in [0.15, 0.2) is 36.8 Å². The Hall–Kier alpha value is -2.41. The number of halogens is 1. The zero-order chi connectivity index (χ0) is 13.1. The molecule has 3 aromatic rings. The Morgan fingerprint density at radius 3 is 3.00 bits per heavy atom. The Kier molecular flexibility index (Phi) is 3.11. The standard InChI is InChI=1S/C11H10ClN7/c12-10-2-1-9(19-7-15-17-18-19)5-11(10)13-6-8-3-4-14-16-8/h1-5,7,13H,6H2,(H,14,16). The molecule has 0 unspecified atom stereocenters. The number of nitrogens with zero attached hydrogens (tertiary/aromatic N) is 5. The van der Waals surface area contributed by atoms with E-state index in [1.165, 1.54) is 6.33 Å². The largest absolute Gasteiger partial charge is 0.378 e. The van der Waals surface area contributed by atoms with Crippen LogP contribution < -0.4 is 5.32 Å². The smallest absolute Gasteiger partial charge is 0.143 e. The predicted octanol–water partition coefficient (Wildman–Crippen LogP) is 1.65. The molecule has 0 fully saturated rings. The highest BCUT2D eigenvalue weighted by Crippen LogP contribution is 2.24. The van der Waals surface area contributed by atoms with Crippen LogP contribution in [0, 0.1) is 0 Å². The summed E-state index contributed by atoms with van der Waals surface area (Å²) in [5, 5.41) is 21.7. The normalized spacial score (nSPS) is 10.6. The first-order chi connectivity index (χ1) is 9.33. The third kappa shape index (κ3) is 2.55. The second kappa shape index (κ2) is 5.07. The second-order valence-corrected chi connectivity index (χ2v) is 4.26. The molecule has 19 heavy (non-hydrogen) atoms. The number of H-pyrrole nitrogens is 1. The fraction of sp³-hybridized carbons (Fsp3) is 0.0909. The quantitative estimate of drug-likeness (QED) is 0.756. The molecule has 0 saturated heterocycles. The van der Waals surface area contributed by atoms with Gasteiger partial charge >= 0.3 is 0 Å². The molecular weight excluding hydrogens is 266 g/mol. The number of nitrogens with one attached hydrogen (secondary N) is 2. The minimum absolute atomic E-state index is 0.610. The summed E-state index contributed by atoms with van der Waals surface area (Å²) >= 11 is 6.15. The van der Waals surface area contributed by atoms with E-state index in [1.54, 1.807) is 16.9 Å². The summed E-state index contributed by atoms with van der Waals surface area (Å²) in [5.41, 5.74) is 2.62. The fourth-order valence-corrected chi connectivity index (χ4v) is 1.83. The summed E-state index contributed by atoms with van der Waals surface area (Å²) in [6.45, 7) is 0.610. The van der Waals surface area contributed by atoms with E-state index in [1.807, 2.05) is 18.2 Å². The molecule has 0 aliphatic carbocycles. The lowest BCUT2D eigenvalue weighted by molar-refractivity contribution is 0.789. The summed E-state index contributed by atoms with van der Waals surface area (Å²) in [4.78, 5) is 0. The topological polar surface area (TPSA) is 84.3 Å². The summed E-state index contributed by atoms with van der Waals surface area (Å²) in [7, 11) is 0. The number of hydrogen-bond donors (Lipinski definition) is 2. The van der Waals surface area contributed by atoms with Crippen molar-refractivity contribution in [3.05, 3.63) is 47.5 Å². The molecule has 1 aromatic carbocycles. The number of aromatic amines is 1. The van der Waals surface area contributed by atoms with Crippen LogP contribution in [0.5, 0.6) is 0 Å². The van der Waals surface area contributed by atoms with Crippen LogP contribution in [0.1, 0.15) is 5.69 Å². The van der Waals surface area contributed by atoms with Crippen molar-refractivity contribution >= 4 is 17.3 Å². The van der Waals surface area contributed by atoms with Crippen molar-refractivity contribution in [3.8, 4) is 5.69 Å². The Bertz CT molecular complexity index is 648. The molecule has 96 valence electrons. The molecule has 2 aromatic heterocycles. The highest BCUT2D eigenvalue weighted by molar-refractivity contribution is 6.33. The van der Waals surface area contributed by atoms with Gasteiger partial charge in [-0.1, -0.05) is 11.6 Å². The Balaban J connectivity index is 1.82. The van der Waals surface area contributed by atoms with Crippen LogP contribution in [0.2, 0.25) is 5.02 Å². The van der Waals surface area contributed by atoms with Crippen molar-refractivity contribution in [2.24, 2.45) is 0 Å². The van der Waals surface area contributed by atoms with Gasteiger partial charge in [0, 0.05) is 6.20 Å². The van der Waals surface area contributed by atoms with E-state index in [9.17, 15) is 0 Å². The zero-order valence-corrected chi connectivity index (χ0v) is 10.5. The average molecular weight is 276 g/mol. The van der Waals surface area contributed by atoms with Crippen molar-refractivity contribution in [3.63, 3.8) is 0 Å². The molecule has 8 heteroatoms. The second-order valence-electron chi connectivity index (χ2n) is 3.85. The Labute approximate surface area is 113 Å². The monoisotopic (exact) mass is 275 g/mol. The third-order valence-corrected chi connectivity index (χ3v) is 2.92. The molecular formula is C11H10ClN7. The van der Waals surface area contributed by atoms with Gasteiger partial charge in [0.2, 0.25) is 0 Å². The van der Waals surface area contributed by atoms with Gasteiger partial charge in [0.15, 0.2) is 0 Å². The SMILES string of the molecule is Clc1ccc(-n2cnnn2)cc1NCc1ccn[nH]1. The molecule has 2 heterocycles. The van der Waals surface area contributed by atoms with Crippen LogP contribution in [-0.2, 0) is 6.54 Å². The number of hydrogen-bond acceptors (Lipinski definition) is 5. The maximum atomic E-state index is 6.15.